The Morgan fingerprint density at radius 3 is 2.82 bits per heavy atom. The first kappa shape index (κ1) is 19.3. The van der Waals surface area contributed by atoms with Crippen molar-refractivity contribution >= 4 is 34.5 Å². The van der Waals surface area contributed by atoms with Gasteiger partial charge in [-0.3, -0.25) is 29.2 Å². The fourth-order valence-corrected chi connectivity index (χ4v) is 3.03. The number of nitrogens with one attached hydrogen (secondary N) is 3. The molecule has 3 N–H and O–H groups in total. The minimum atomic E-state index is -0.483. The second-order valence-corrected chi connectivity index (χ2v) is 6.43. The first-order valence-electron chi connectivity index (χ1n) is 8.79. The lowest BCUT2D eigenvalue weighted by atomic mass is 9.93. The van der Waals surface area contributed by atoms with E-state index in [1.54, 1.807) is 29.9 Å². The van der Waals surface area contributed by atoms with Crippen LogP contribution in [0.25, 0.3) is 10.9 Å². The van der Waals surface area contributed by atoms with Crippen LogP contribution in [0.15, 0.2) is 18.2 Å². The zero-order valence-electron chi connectivity index (χ0n) is 15.6. The van der Waals surface area contributed by atoms with Crippen molar-refractivity contribution in [2.75, 3.05) is 20.2 Å². The summed E-state index contributed by atoms with van der Waals surface area (Å²) in [7, 11) is 3.23. The Hall–Kier alpha value is -3.43. The zero-order valence-corrected chi connectivity index (χ0v) is 15.6. The molecule has 0 bridgehead atoms. The molecule has 1 aromatic heterocycles. The molecule has 2 aromatic rings. The van der Waals surface area contributed by atoms with E-state index in [4.69, 9.17) is 4.74 Å². The average molecular weight is 387 g/mol. The molecule has 1 fully saturated rings. The summed E-state index contributed by atoms with van der Waals surface area (Å²) in [5.41, 5.74) is 1.35. The lowest BCUT2D eigenvalue weighted by Crippen LogP contribution is -2.39. The number of ether oxygens (including phenoxy) is 1. The van der Waals surface area contributed by atoms with E-state index < -0.39 is 11.8 Å². The molecule has 1 saturated heterocycles. The van der Waals surface area contributed by atoms with E-state index in [0.29, 0.717) is 17.9 Å². The topological polar surface area (TPSA) is 131 Å². The van der Waals surface area contributed by atoms with E-state index in [9.17, 15) is 19.2 Å². The first-order valence-corrected chi connectivity index (χ1v) is 8.79. The van der Waals surface area contributed by atoms with Crippen LogP contribution in [0, 0.1) is 0 Å². The fourth-order valence-electron chi connectivity index (χ4n) is 3.03. The van der Waals surface area contributed by atoms with Crippen LogP contribution in [0.5, 0.6) is 5.75 Å². The predicted molar refractivity (Wildman–Crippen MR) is 98.4 cm³/mol. The summed E-state index contributed by atoms with van der Waals surface area (Å²) in [5.74, 6) is -1.36. The van der Waals surface area contributed by atoms with Gasteiger partial charge in [-0.05, 0) is 18.6 Å². The predicted octanol–water partition coefficient (Wildman–Crippen LogP) is -0.665. The molecule has 10 nitrogen and oxygen atoms in total. The number of piperidine rings is 1. The third kappa shape index (κ3) is 4.11. The molecular weight excluding hydrogens is 366 g/mol. The second kappa shape index (κ2) is 8.07. The van der Waals surface area contributed by atoms with Crippen molar-refractivity contribution in [3.8, 4) is 5.75 Å². The maximum atomic E-state index is 12.2. The molecule has 1 atom stereocenters. The number of aromatic nitrogens is 2. The van der Waals surface area contributed by atoms with Gasteiger partial charge >= 0.3 is 0 Å². The van der Waals surface area contributed by atoms with Crippen LogP contribution >= 0.6 is 0 Å². The van der Waals surface area contributed by atoms with Crippen LogP contribution in [0.4, 0.5) is 0 Å². The minimum Gasteiger partial charge on any atom is -0.484 e. The van der Waals surface area contributed by atoms with E-state index in [1.807, 2.05) is 0 Å². The second-order valence-electron chi connectivity index (χ2n) is 6.43. The van der Waals surface area contributed by atoms with Crippen molar-refractivity contribution in [2.24, 2.45) is 7.05 Å². The molecule has 10 heteroatoms. The molecular formula is C18H21N5O5. The van der Waals surface area contributed by atoms with Gasteiger partial charge in [0.1, 0.15) is 5.75 Å². The number of imide groups is 1. The molecule has 1 aliphatic heterocycles. The van der Waals surface area contributed by atoms with Gasteiger partial charge in [-0.15, -0.1) is 0 Å². The summed E-state index contributed by atoms with van der Waals surface area (Å²) < 4.78 is 7.11. The van der Waals surface area contributed by atoms with Crippen LogP contribution in [0.3, 0.4) is 0 Å². The molecule has 0 saturated carbocycles. The SMILES string of the molecule is CNC(=O)CNC(=O)COc1ccc2c(C3CCC(=O)NC3=O)nn(C)c2c1. The number of carbonyl (C=O) groups is 4. The molecule has 1 unspecified atom stereocenters. The molecule has 148 valence electrons. The molecule has 1 aromatic carbocycles. The third-order valence-electron chi connectivity index (χ3n) is 4.52. The number of rotatable bonds is 6. The number of carbonyl (C=O) groups excluding carboxylic acids is 4. The number of likely N-dealkylation sites (N-methyl/N-ethyl adjacent to an activating group) is 1. The Morgan fingerprint density at radius 1 is 1.32 bits per heavy atom. The highest BCUT2D eigenvalue weighted by atomic mass is 16.5. The van der Waals surface area contributed by atoms with Crippen LogP contribution in [0.2, 0.25) is 0 Å². The molecule has 1 aliphatic rings. The largest absolute Gasteiger partial charge is 0.484 e. The number of fused-ring (bicyclic) bond motifs is 1. The van der Waals surface area contributed by atoms with Crippen LogP contribution < -0.4 is 20.7 Å². The Bertz CT molecular complexity index is 951. The van der Waals surface area contributed by atoms with E-state index in [0.717, 1.165) is 10.9 Å². The van der Waals surface area contributed by atoms with Crippen molar-refractivity contribution < 1.29 is 23.9 Å². The Labute approximate surface area is 160 Å². The van der Waals surface area contributed by atoms with Crippen molar-refractivity contribution in [2.45, 2.75) is 18.8 Å². The zero-order chi connectivity index (χ0) is 20.3. The minimum absolute atomic E-state index is 0.116. The number of amides is 4. The molecule has 28 heavy (non-hydrogen) atoms. The van der Waals surface area contributed by atoms with E-state index in [-0.39, 0.29) is 37.3 Å². The molecule has 0 aliphatic carbocycles. The van der Waals surface area contributed by atoms with Crippen LogP contribution in [-0.2, 0) is 26.2 Å². The van der Waals surface area contributed by atoms with Gasteiger partial charge in [-0.2, -0.15) is 5.10 Å². The lowest BCUT2D eigenvalue weighted by molar-refractivity contribution is -0.134. The van der Waals surface area contributed by atoms with Gasteiger partial charge in [-0.25, -0.2) is 0 Å². The third-order valence-corrected chi connectivity index (χ3v) is 4.52. The van der Waals surface area contributed by atoms with Crippen molar-refractivity contribution in [3.05, 3.63) is 23.9 Å². The summed E-state index contributed by atoms with van der Waals surface area (Å²) >= 11 is 0. The van der Waals surface area contributed by atoms with Gasteiger partial charge in [-0.1, -0.05) is 0 Å². The summed E-state index contributed by atoms with van der Waals surface area (Å²) in [4.78, 5) is 46.4. The highest BCUT2D eigenvalue weighted by molar-refractivity contribution is 6.02. The van der Waals surface area contributed by atoms with Gasteiger partial charge in [0, 0.05) is 32.0 Å². The molecule has 2 heterocycles. The fraction of sp³-hybridized carbons (Fsp3) is 0.389. The Morgan fingerprint density at radius 2 is 2.11 bits per heavy atom. The lowest BCUT2D eigenvalue weighted by Gasteiger charge is -2.19. The quantitative estimate of drug-likeness (QED) is 0.564. The summed E-state index contributed by atoms with van der Waals surface area (Å²) in [5, 5.41) is 12.4. The van der Waals surface area contributed by atoms with Gasteiger partial charge in [0.25, 0.3) is 5.91 Å². The number of benzene rings is 1. The van der Waals surface area contributed by atoms with E-state index in [2.05, 4.69) is 21.0 Å². The highest BCUT2D eigenvalue weighted by Gasteiger charge is 2.31. The van der Waals surface area contributed by atoms with Crippen LogP contribution in [-0.4, -0.2) is 53.6 Å². The maximum absolute atomic E-state index is 12.2. The van der Waals surface area contributed by atoms with Crippen molar-refractivity contribution in [3.63, 3.8) is 0 Å². The van der Waals surface area contributed by atoms with Crippen molar-refractivity contribution in [1.29, 1.82) is 0 Å². The van der Waals surface area contributed by atoms with E-state index in [1.165, 1.54) is 7.05 Å². The normalized spacial score (nSPS) is 16.6. The molecule has 0 spiro atoms. The van der Waals surface area contributed by atoms with Crippen LogP contribution in [0.1, 0.15) is 24.5 Å². The smallest absolute Gasteiger partial charge is 0.258 e. The summed E-state index contributed by atoms with van der Waals surface area (Å²) in [6.07, 6.45) is 0.696. The van der Waals surface area contributed by atoms with Gasteiger partial charge < -0.3 is 15.4 Å². The summed E-state index contributed by atoms with van der Waals surface area (Å²) in [6.45, 7) is -0.352. The van der Waals surface area contributed by atoms with Gasteiger partial charge in [0.15, 0.2) is 6.61 Å². The Kier molecular flexibility index (Phi) is 5.57. The molecule has 0 radical (unpaired) electrons. The highest BCUT2D eigenvalue weighted by Crippen LogP contribution is 2.31. The number of nitrogens with zero attached hydrogens (tertiary/aromatic N) is 2. The van der Waals surface area contributed by atoms with E-state index >= 15 is 0 Å². The molecule has 3 rings (SSSR count). The average Bonchev–Trinajstić information content (AvgIpc) is 3.00. The summed E-state index contributed by atoms with van der Waals surface area (Å²) in [6, 6.07) is 5.19. The maximum Gasteiger partial charge on any atom is 0.258 e. The molecule has 4 amide bonds. The first-order chi connectivity index (χ1) is 13.4. The Balaban J connectivity index is 1.71. The number of hydrogen-bond donors (Lipinski definition) is 3. The van der Waals surface area contributed by atoms with Gasteiger partial charge in [0.2, 0.25) is 17.7 Å². The monoisotopic (exact) mass is 387 g/mol. The number of hydrogen-bond acceptors (Lipinski definition) is 6. The van der Waals surface area contributed by atoms with Gasteiger partial charge in [0.05, 0.1) is 23.7 Å². The number of aryl methyl sites for hydroxylation is 1. The standard InChI is InChI=1S/C18H21N5O5/c1-19-15(25)8-20-16(26)9-28-10-3-4-11-13(7-10)23(2)22-17(11)12-5-6-14(24)21-18(12)27/h3-4,7,12H,5-6,8-9H2,1-2H3,(H,19,25)(H,20,26)(H,21,24,27). The van der Waals surface area contributed by atoms with Crippen molar-refractivity contribution in [1.82, 2.24) is 25.7 Å².